The molecule has 0 aliphatic heterocycles. The predicted molar refractivity (Wildman–Crippen MR) is 55.7 cm³/mol. The van der Waals surface area contributed by atoms with E-state index in [0.717, 1.165) is 31.4 Å². The monoisotopic (exact) mass is 283 g/mol. The second-order valence-electron chi connectivity index (χ2n) is 3.09. The Bertz CT molecular complexity index is 536. The van der Waals surface area contributed by atoms with Gasteiger partial charge in [-0.15, -0.1) is 0 Å². The summed E-state index contributed by atoms with van der Waals surface area (Å²) < 4.78 is 62.9. The molecule has 0 aromatic heterocycles. The summed E-state index contributed by atoms with van der Waals surface area (Å²) in [5.74, 6) is 0. The molecule has 100 valence electrons. The van der Waals surface area contributed by atoms with Gasteiger partial charge in [0.1, 0.15) is 0 Å². The Morgan fingerprint density at radius 1 is 1.22 bits per heavy atom. The van der Waals surface area contributed by atoms with Crippen molar-refractivity contribution < 1.29 is 31.1 Å². The van der Waals surface area contributed by atoms with Crippen LogP contribution in [0.5, 0.6) is 0 Å². The Hall–Kier alpha value is -1.77. The Morgan fingerprint density at radius 3 is 2.11 bits per heavy atom. The third-order valence-corrected chi connectivity index (χ3v) is 3.40. The summed E-state index contributed by atoms with van der Waals surface area (Å²) in [6.07, 6.45) is -0.818. The zero-order chi connectivity index (χ0) is 14.0. The number of ether oxygens (including phenoxy) is 1. The number of hydrogen-bond acceptors (Lipinski definition) is 4. The highest BCUT2D eigenvalue weighted by atomic mass is 32.2. The first-order valence-corrected chi connectivity index (χ1v) is 5.93. The lowest BCUT2D eigenvalue weighted by Crippen LogP contribution is -2.23. The van der Waals surface area contributed by atoms with Crippen LogP contribution in [0, 0.1) is 0 Å². The minimum atomic E-state index is -5.37. The van der Waals surface area contributed by atoms with E-state index in [1.807, 2.05) is 0 Å². The van der Waals surface area contributed by atoms with E-state index in [1.54, 1.807) is 0 Å². The first-order chi connectivity index (χ1) is 8.18. The third kappa shape index (κ3) is 2.92. The number of methoxy groups -OCH3 is 1. The van der Waals surface area contributed by atoms with E-state index >= 15 is 0 Å². The highest BCUT2D eigenvalue weighted by Crippen LogP contribution is 2.30. The van der Waals surface area contributed by atoms with Crippen molar-refractivity contribution in [1.29, 1.82) is 0 Å². The van der Waals surface area contributed by atoms with Crippen molar-refractivity contribution in [2.24, 2.45) is 0 Å². The summed E-state index contributed by atoms with van der Waals surface area (Å²) in [5, 5.41) is 2.17. The Balaban J connectivity index is 3.01. The van der Waals surface area contributed by atoms with Gasteiger partial charge in [-0.3, -0.25) is 5.32 Å². The van der Waals surface area contributed by atoms with Gasteiger partial charge in [-0.25, -0.2) is 13.2 Å². The lowest BCUT2D eigenvalue weighted by atomic mass is 10.3. The van der Waals surface area contributed by atoms with E-state index in [0.29, 0.717) is 0 Å². The maximum absolute atomic E-state index is 12.2. The highest BCUT2D eigenvalue weighted by Gasteiger charge is 2.46. The van der Waals surface area contributed by atoms with Gasteiger partial charge < -0.3 is 4.74 Å². The number of nitrogens with one attached hydrogen (secondary N) is 1. The first-order valence-electron chi connectivity index (χ1n) is 4.45. The van der Waals surface area contributed by atoms with E-state index in [1.165, 1.54) is 0 Å². The standard InChI is InChI=1S/C9H8F3NO4S/c1-17-8(14)13-6-2-4-7(5-3-6)18(15,16)9(10,11)12/h2-5H,1H3,(H,13,14). The molecule has 1 aromatic carbocycles. The van der Waals surface area contributed by atoms with Crippen molar-refractivity contribution >= 4 is 21.6 Å². The smallest absolute Gasteiger partial charge is 0.453 e. The zero-order valence-corrected chi connectivity index (χ0v) is 9.80. The van der Waals surface area contributed by atoms with Gasteiger partial charge in [0.2, 0.25) is 0 Å². The van der Waals surface area contributed by atoms with Crippen molar-refractivity contribution in [2.45, 2.75) is 10.4 Å². The van der Waals surface area contributed by atoms with E-state index < -0.39 is 26.3 Å². The molecule has 0 spiro atoms. The summed E-state index contributed by atoms with van der Waals surface area (Å²) in [7, 11) is -4.26. The molecule has 0 heterocycles. The fourth-order valence-electron chi connectivity index (χ4n) is 1.02. The fourth-order valence-corrected chi connectivity index (χ4v) is 1.78. The van der Waals surface area contributed by atoms with Gasteiger partial charge in [-0.05, 0) is 24.3 Å². The van der Waals surface area contributed by atoms with Crippen LogP contribution in [0.3, 0.4) is 0 Å². The number of carbonyl (C=O) groups excluding carboxylic acids is 1. The molecule has 0 saturated heterocycles. The molecule has 1 amide bonds. The van der Waals surface area contributed by atoms with E-state index in [4.69, 9.17) is 0 Å². The summed E-state index contributed by atoms with van der Waals surface area (Å²) in [5.41, 5.74) is -5.24. The molecular weight excluding hydrogens is 275 g/mol. The lowest BCUT2D eigenvalue weighted by Gasteiger charge is -2.09. The molecule has 0 aliphatic carbocycles. The minimum Gasteiger partial charge on any atom is -0.453 e. The van der Waals surface area contributed by atoms with Crippen LogP contribution in [0.1, 0.15) is 0 Å². The number of benzene rings is 1. The van der Waals surface area contributed by atoms with Crippen molar-refractivity contribution in [3.8, 4) is 0 Å². The molecule has 0 aliphatic rings. The van der Waals surface area contributed by atoms with Crippen molar-refractivity contribution in [3.63, 3.8) is 0 Å². The Morgan fingerprint density at radius 2 is 1.72 bits per heavy atom. The van der Waals surface area contributed by atoms with E-state index in [2.05, 4.69) is 10.1 Å². The van der Waals surface area contributed by atoms with Gasteiger partial charge in [-0.1, -0.05) is 0 Å². The average molecular weight is 283 g/mol. The van der Waals surface area contributed by atoms with Gasteiger partial charge in [-0.2, -0.15) is 13.2 Å². The van der Waals surface area contributed by atoms with Crippen molar-refractivity contribution in [1.82, 2.24) is 0 Å². The van der Waals surface area contributed by atoms with Crippen molar-refractivity contribution in [2.75, 3.05) is 12.4 Å². The molecule has 0 atom stereocenters. The molecule has 0 unspecified atom stereocenters. The van der Waals surface area contributed by atoms with Gasteiger partial charge in [0, 0.05) is 5.69 Å². The second kappa shape index (κ2) is 4.84. The number of halogens is 3. The number of rotatable bonds is 2. The number of hydrogen-bond donors (Lipinski definition) is 1. The number of amides is 1. The molecule has 0 saturated carbocycles. The van der Waals surface area contributed by atoms with Crippen LogP contribution in [0.4, 0.5) is 23.7 Å². The van der Waals surface area contributed by atoms with Gasteiger partial charge in [0.05, 0.1) is 12.0 Å². The van der Waals surface area contributed by atoms with Crippen LogP contribution in [-0.4, -0.2) is 27.1 Å². The van der Waals surface area contributed by atoms with Crippen LogP contribution in [0.25, 0.3) is 0 Å². The summed E-state index contributed by atoms with van der Waals surface area (Å²) in [4.78, 5) is 9.89. The van der Waals surface area contributed by atoms with Crippen LogP contribution in [0.2, 0.25) is 0 Å². The normalized spacial score (nSPS) is 12.0. The minimum absolute atomic E-state index is 0.114. The predicted octanol–water partition coefficient (Wildman–Crippen LogP) is 2.16. The molecule has 0 radical (unpaired) electrons. The Labute approximate surface area is 100 Å². The average Bonchev–Trinajstić information content (AvgIpc) is 2.28. The van der Waals surface area contributed by atoms with Crippen LogP contribution < -0.4 is 5.32 Å². The molecule has 5 nitrogen and oxygen atoms in total. The summed E-state index contributed by atoms with van der Waals surface area (Å²) >= 11 is 0. The zero-order valence-electron chi connectivity index (χ0n) is 8.98. The van der Waals surface area contributed by atoms with E-state index in [-0.39, 0.29) is 5.69 Å². The number of alkyl halides is 3. The number of anilines is 1. The van der Waals surface area contributed by atoms with Gasteiger partial charge in [0.25, 0.3) is 9.84 Å². The molecule has 0 bridgehead atoms. The molecular formula is C9H8F3NO4S. The van der Waals surface area contributed by atoms with Gasteiger partial charge >= 0.3 is 11.6 Å². The highest BCUT2D eigenvalue weighted by molar-refractivity contribution is 7.92. The first kappa shape index (κ1) is 14.3. The van der Waals surface area contributed by atoms with Crippen molar-refractivity contribution in [3.05, 3.63) is 24.3 Å². The SMILES string of the molecule is COC(=O)Nc1ccc(S(=O)(=O)C(F)(F)F)cc1. The quantitative estimate of drug-likeness (QED) is 0.902. The maximum Gasteiger partial charge on any atom is 0.501 e. The molecule has 1 N–H and O–H groups in total. The second-order valence-corrected chi connectivity index (χ2v) is 5.03. The molecule has 18 heavy (non-hydrogen) atoms. The topological polar surface area (TPSA) is 72.5 Å². The Kier molecular flexibility index (Phi) is 3.85. The van der Waals surface area contributed by atoms with Gasteiger partial charge in [0.15, 0.2) is 0 Å². The lowest BCUT2D eigenvalue weighted by molar-refractivity contribution is -0.0436. The molecule has 9 heteroatoms. The van der Waals surface area contributed by atoms with Crippen LogP contribution in [-0.2, 0) is 14.6 Å². The molecule has 1 aromatic rings. The van der Waals surface area contributed by atoms with Crippen LogP contribution >= 0.6 is 0 Å². The van der Waals surface area contributed by atoms with Crippen LogP contribution in [0.15, 0.2) is 29.2 Å². The largest absolute Gasteiger partial charge is 0.501 e. The van der Waals surface area contributed by atoms with E-state index in [9.17, 15) is 26.4 Å². The summed E-state index contributed by atoms with van der Waals surface area (Å²) in [6, 6.07) is 3.54. The maximum atomic E-state index is 12.2. The third-order valence-electron chi connectivity index (χ3n) is 1.90. The number of carbonyl (C=O) groups is 1. The summed E-state index contributed by atoms with van der Waals surface area (Å²) in [6.45, 7) is 0. The fraction of sp³-hybridized carbons (Fsp3) is 0.222. The number of sulfone groups is 1. The molecule has 1 rings (SSSR count). The molecule has 0 fully saturated rings.